The lowest BCUT2D eigenvalue weighted by Crippen LogP contribution is -2.04. The van der Waals surface area contributed by atoms with Crippen LogP contribution in [0.2, 0.25) is 0 Å². The second-order valence-corrected chi connectivity index (χ2v) is 5.21. The van der Waals surface area contributed by atoms with Crippen LogP contribution in [0.3, 0.4) is 0 Å². The number of hydrogen-bond donors (Lipinski definition) is 4. The lowest BCUT2D eigenvalue weighted by Gasteiger charge is -2.07. The number of hydrazone groups is 2. The van der Waals surface area contributed by atoms with Crippen molar-refractivity contribution < 1.29 is 29.3 Å². The van der Waals surface area contributed by atoms with E-state index in [1.54, 1.807) is 12.1 Å². The highest BCUT2D eigenvalue weighted by atomic mass is 16.5. The number of anilines is 2. The van der Waals surface area contributed by atoms with Crippen LogP contribution >= 0.6 is 0 Å². The Labute approximate surface area is 160 Å². The third-order valence-electron chi connectivity index (χ3n) is 3.50. The molecule has 0 aliphatic rings. The SMILES string of the molecule is COc1ccc(N/N=C/C=N/Nc2ccc(OC)cc2C(=O)O)c(C(=O)O)c1. The minimum absolute atomic E-state index is 0.00380. The van der Waals surface area contributed by atoms with E-state index >= 15 is 0 Å². The van der Waals surface area contributed by atoms with E-state index in [1.807, 2.05) is 0 Å². The summed E-state index contributed by atoms with van der Waals surface area (Å²) >= 11 is 0. The van der Waals surface area contributed by atoms with Crippen molar-refractivity contribution in [3.63, 3.8) is 0 Å². The van der Waals surface area contributed by atoms with E-state index in [-0.39, 0.29) is 22.5 Å². The van der Waals surface area contributed by atoms with Crippen LogP contribution in [-0.4, -0.2) is 48.8 Å². The zero-order valence-corrected chi connectivity index (χ0v) is 15.0. The zero-order valence-electron chi connectivity index (χ0n) is 15.0. The molecule has 10 nitrogen and oxygen atoms in total. The first-order valence-corrected chi connectivity index (χ1v) is 7.85. The summed E-state index contributed by atoms with van der Waals surface area (Å²) in [5, 5.41) is 26.1. The Morgan fingerprint density at radius 1 is 0.821 bits per heavy atom. The zero-order chi connectivity index (χ0) is 20.5. The second-order valence-electron chi connectivity index (χ2n) is 5.21. The van der Waals surface area contributed by atoms with Gasteiger partial charge in [-0.25, -0.2) is 9.59 Å². The van der Waals surface area contributed by atoms with Gasteiger partial charge in [-0.15, -0.1) is 0 Å². The van der Waals surface area contributed by atoms with Crippen molar-refractivity contribution in [2.45, 2.75) is 0 Å². The molecule has 0 bridgehead atoms. The van der Waals surface area contributed by atoms with Gasteiger partial charge in [0.25, 0.3) is 0 Å². The molecule has 4 N–H and O–H groups in total. The Balaban J connectivity index is 2.02. The predicted molar refractivity (Wildman–Crippen MR) is 104 cm³/mol. The van der Waals surface area contributed by atoms with Crippen molar-refractivity contribution >= 4 is 35.7 Å². The molecule has 0 aliphatic carbocycles. The molecule has 0 aromatic heterocycles. The first-order valence-electron chi connectivity index (χ1n) is 7.85. The van der Waals surface area contributed by atoms with E-state index in [4.69, 9.17) is 9.47 Å². The van der Waals surface area contributed by atoms with E-state index in [9.17, 15) is 19.8 Å². The Morgan fingerprint density at radius 2 is 1.21 bits per heavy atom. The Morgan fingerprint density at radius 3 is 1.54 bits per heavy atom. The summed E-state index contributed by atoms with van der Waals surface area (Å²) in [6.45, 7) is 0. The van der Waals surface area contributed by atoms with Crippen molar-refractivity contribution in [2.24, 2.45) is 10.2 Å². The molecule has 2 aromatic carbocycles. The summed E-state index contributed by atoms with van der Waals surface area (Å²) in [6, 6.07) is 8.96. The number of ether oxygens (including phenoxy) is 2. The lowest BCUT2D eigenvalue weighted by molar-refractivity contribution is 0.0686. The summed E-state index contributed by atoms with van der Waals surface area (Å²) in [6.07, 6.45) is 2.54. The molecular formula is C18H18N4O6. The number of nitrogens with zero attached hydrogens (tertiary/aromatic N) is 2. The third kappa shape index (κ3) is 5.21. The molecule has 0 heterocycles. The highest BCUT2D eigenvalue weighted by Crippen LogP contribution is 2.23. The van der Waals surface area contributed by atoms with Crippen molar-refractivity contribution in [1.82, 2.24) is 0 Å². The molecule has 0 fully saturated rings. The van der Waals surface area contributed by atoms with Gasteiger partial charge >= 0.3 is 11.9 Å². The molecule has 146 valence electrons. The number of methoxy groups -OCH3 is 2. The van der Waals surface area contributed by atoms with E-state index in [1.165, 1.54) is 50.9 Å². The first kappa shape index (κ1) is 20.2. The number of benzene rings is 2. The number of hydrogen-bond acceptors (Lipinski definition) is 8. The van der Waals surface area contributed by atoms with Crippen LogP contribution in [-0.2, 0) is 0 Å². The largest absolute Gasteiger partial charge is 0.497 e. The molecule has 0 saturated carbocycles. The molecule has 0 amide bonds. The molecule has 10 heteroatoms. The minimum Gasteiger partial charge on any atom is -0.497 e. The average Bonchev–Trinajstić information content (AvgIpc) is 2.70. The monoisotopic (exact) mass is 386 g/mol. The van der Waals surface area contributed by atoms with Crippen molar-refractivity contribution in [1.29, 1.82) is 0 Å². The van der Waals surface area contributed by atoms with Gasteiger partial charge in [0.1, 0.15) is 11.5 Å². The van der Waals surface area contributed by atoms with E-state index in [0.29, 0.717) is 11.5 Å². The lowest BCUT2D eigenvalue weighted by atomic mass is 10.2. The van der Waals surface area contributed by atoms with Gasteiger partial charge in [-0.3, -0.25) is 10.9 Å². The molecule has 0 spiro atoms. The molecule has 28 heavy (non-hydrogen) atoms. The highest BCUT2D eigenvalue weighted by Gasteiger charge is 2.11. The molecule has 2 aromatic rings. The number of rotatable bonds is 9. The van der Waals surface area contributed by atoms with Crippen LogP contribution < -0.4 is 20.3 Å². The Kier molecular flexibility index (Phi) is 6.92. The van der Waals surface area contributed by atoms with Gasteiger partial charge < -0.3 is 19.7 Å². The maximum atomic E-state index is 11.3. The average molecular weight is 386 g/mol. The van der Waals surface area contributed by atoms with Gasteiger partial charge in [0.15, 0.2) is 0 Å². The fraction of sp³-hybridized carbons (Fsp3) is 0.111. The Bertz CT molecular complexity index is 851. The van der Waals surface area contributed by atoms with Crippen molar-refractivity contribution in [2.75, 3.05) is 25.1 Å². The summed E-state index contributed by atoms with van der Waals surface area (Å²) in [7, 11) is 2.88. The molecule has 2 rings (SSSR count). The van der Waals surface area contributed by atoms with E-state index in [0.717, 1.165) is 0 Å². The van der Waals surface area contributed by atoms with Crippen LogP contribution in [0.25, 0.3) is 0 Å². The van der Waals surface area contributed by atoms with Crippen LogP contribution in [0.4, 0.5) is 11.4 Å². The highest BCUT2D eigenvalue weighted by molar-refractivity contribution is 6.16. The topological polar surface area (TPSA) is 142 Å². The number of carboxylic acids is 2. The van der Waals surface area contributed by atoms with Gasteiger partial charge in [-0.1, -0.05) is 0 Å². The fourth-order valence-corrected chi connectivity index (χ4v) is 2.13. The summed E-state index contributed by atoms with van der Waals surface area (Å²) in [5.74, 6) is -1.45. The van der Waals surface area contributed by atoms with Gasteiger partial charge in [-0.05, 0) is 36.4 Å². The van der Waals surface area contributed by atoms with Gasteiger partial charge in [0.2, 0.25) is 0 Å². The Hall–Kier alpha value is -4.08. The van der Waals surface area contributed by atoms with Gasteiger partial charge in [0, 0.05) is 0 Å². The number of aromatic carboxylic acids is 2. The number of nitrogens with one attached hydrogen (secondary N) is 2. The quantitative estimate of drug-likeness (QED) is 0.380. The van der Waals surface area contributed by atoms with Crippen LogP contribution in [0, 0.1) is 0 Å². The minimum atomic E-state index is -1.13. The third-order valence-corrected chi connectivity index (χ3v) is 3.50. The molecule has 0 radical (unpaired) electrons. The van der Waals surface area contributed by atoms with E-state index < -0.39 is 11.9 Å². The normalized spacial score (nSPS) is 10.8. The molecule has 0 saturated heterocycles. The van der Waals surface area contributed by atoms with Crippen molar-refractivity contribution in [3.05, 3.63) is 47.5 Å². The fourth-order valence-electron chi connectivity index (χ4n) is 2.13. The maximum Gasteiger partial charge on any atom is 0.338 e. The smallest absolute Gasteiger partial charge is 0.338 e. The predicted octanol–water partition coefficient (Wildman–Crippen LogP) is 2.60. The number of carbonyl (C=O) groups is 2. The summed E-state index contributed by atoms with van der Waals surface area (Å²) < 4.78 is 9.98. The van der Waals surface area contributed by atoms with Crippen LogP contribution in [0.15, 0.2) is 46.6 Å². The van der Waals surface area contributed by atoms with Crippen LogP contribution in [0.1, 0.15) is 20.7 Å². The maximum absolute atomic E-state index is 11.3. The molecule has 0 unspecified atom stereocenters. The number of carboxylic acid groups (broad SMARTS) is 2. The molecule has 0 aliphatic heterocycles. The summed E-state index contributed by atoms with van der Waals surface area (Å²) in [4.78, 5) is 22.5. The van der Waals surface area contributed by atoms with Crippen molar-refractivity contribution in [3.8, 4) is 11.5 Å². The molecule has 0 atom stereocenters. The van der Waals surface area contributed by atoms with E-state index in [2.05, 4.69) is 21.1 Å². The molecular weight excluding hydrogens is 368 g/mol. The van der Waals surface area contributed by atoms with Crippen LogP contribution in [0.5, 0.6) is 11.5 Å². The standard InChI is InChI=1S/C18H18N4O6/c1-27-11-3-5-15(13(9-11)17(23)24)21-19-7-8-20-22-16-6-4-12(28-2)10-14(16)18(25)26/h3-10,21-22H,1-2H3,(H,23,24)(H,25,26)/b19-7+,20-8+. The second kappa shape index (κ2) is 9.57. The van der Waals surface area contributed by atoms with Gasteiger partial charge in [0.05, 0.1) is 49.2 Å². The first-order chi connectivity index (χ1) is 13.5. The summed E-state index contributed by atoms with van der Waals surface area (Å²) in [5.41, 5.74) is 5.72. The van der Waals surface area contributed by atoms with Gasteiger partial charge in [-0.2, -0.15) is 10.2 Å².